The van der Waals surface area contributed by atoms with Crippen LogP contribution in [0.25, 0.3) is 5.76 Å². The average Bonchev–Trinajstić information content (AvgIpc) is 3.53. The van der Waals surface area contributed by atoms with Crippen LogP contribution in [0.5, 0.6) is 0 Å². The Balaban J connectivity index is 1.80. The quantitative estimate of drug-likeness (QED) is 0.214. The van der Waals surface area contributed by atoms with Crippen molar-refractivity contribution >= 4 is 23.4 Å². The fourth-order valence-electron chi connectivity index (χ4n) is 4.62. The number of Topliss-reactive ketones (excluding diaryl/α,β-unsaturated/α-hetero) is 1. The molecule has 1 fully saturated rings. The van der Waals surface area contributed by atoms with E-state index < -0.39 is 35.3 Å². The number of ether oxygens (including phenoxy) is 1. The molecule has 9 nitrogen and oxygen atoms in total. The molecule has 1 aromatic carbocycles. The predicted octanol–water partition coefficient (Wildman–Crippen LogP) is 3.66. The highest BCUT2D eigenvalue weighted by Crippen LogP contribution is 2.41. The van der Waals surface area contributed by atoms with Crippen LogP contribution in [0.4, 0.5) is 4.39 Å². The van der Waals surface area contributed by atoms with Crippen molar-refractivity contribution in [2.45, 2.75) is 39.8 Å². The van der Waals surface area contributed by atoms with Gasteiger partial charge in [-0.05, 0) is 38.8 Å². The zero-order valence-corrected chi connectivity index (χ0v) is 20.2. The van der Waals surface area contributed by atoms with Gasteiger partial charge in [0.15, 0.2) is 0 Å². The minimum atomic E-state index is -1.13. The number of rotatable bonds is 8. The van der Waals surface area contributed by atoms with Crippen LogP contribution in [0.2, 0.25) is 0 Å². The molecule has 0 saturated carbocycles. The van der Waals surface area contributed by atoms with E-state index in [4.69, 9.17) is 4.74 Å². The molecule has 1 aliphatic rings. The number of carbonyl (C=O) groups is 3. The number of hydrogen-bond acceptors (Lipinski definition) is 6. The number of hydrogen-bond donors (Lipinski definition) is 2. The molecule has 1 amide bonds. The van der Waals surface area contributed by atoms with Gasteiger partial charge in [-0.2, -0.15) is 0 Å². The number of aliphatic hydroxyl groups is 1. The third-order valence-electron chi connectivity index (χ3n) is 6.27. The van der Waals surface area contributed by atoms with Gasteiger partial charge in [-0.1, -0.05) is 18.2 Å². The third kappa shape index (κ3) is 4.41. The van der Waals surface area contributed by atoms with Crippen LogP contribution in [0.3, 0.4) is 0 Å². The highest BCUT2D eigenvalue weighted by atomic mass is 19.1. The van der Waals surface area contributed by atoms with E-state index in [1.54, 1.807) is 45.6 Å². The minimum absolute atomic E-state index is 0.0948. The number of nitrogens with zero attached hydrogens (tertiary/aromatic N) is 3. The maximum Gasteiger partial charge on any atom is 0.355 e. The van der Waals surface area contributed by atoms with Gasteiger partial charge in [0.1, 0.15) is 17.3 Å². The summed E-state index contributed by atoms with van der Waals surface area (Å²) in [5.74, 6) is -3.43. The smallest absolute Gasteiger partial charge is 0.355 e. The van der Waals surface area contributed by atoms with Crippen molar-refractivity contribution in [3.05, 3.63) is 82.5 Å². The number of aromatic amines is 1. The summed E-state index contributed by atoms with van der Waals surface area (Å²) in [6, 6.07) is 4.72. The Hall–Kier alpha value is -4.21. The van der Waals surface area contributed by atoms with Crippen LogP contribution in [0.15, 0.2) is 48.6 Å². The second-order valence-electron chi connectivity index (χ2n) is 8.51. The van der Waals surface area contributed by atoms with Crippen molar-refractivity contribution in [3.63, 3.8) is 0 Å². The molecule has 2 N–H and O–H groups in total. The molecule has 10 heteroatoms. The molecule has 2 aromatic heterocycles. The van der Waals surface area contributed by atoms with Crippen molar-refractivity contribution in [3.8, 4) is 0 Å². The van der Waals surface area contributed by atoms with Gasteiger partial charge in [0.25, 0.3) is 11.7 Å². The number of esters is 1. The van der Waals surface area contributed by atoms with E-state index in [1.807, 2.05) is 4.57 Å². The van der Waals surface area contributed by atoms with E-state index in [0.29, 0.717) is 24.2 Å². The van der Waals surface area contributed by atoms with Crippen LogP contribution in [0, 0.1) is 19.7 Å². The van der Waals surface area contributed by atoms with Gasteiger partial charge < -0.3 is 24.3 Å². The number of aryl methyl sites for hydroxylation is 2. The molecule has 0 unspecified atom stereocenters. The van der Waals surface area contributed by atoms with E-state index >= 15 is 0 Å². The minimum Gasteiger partial charge on any atom is -0.507 e. The lowest BCUT2D eigenvalue weighted by Gasteiger charge is -2.25. The number of ketones is 1. The lowest BCUT2D eigenvalue weighted by atomic mass is 9.93. The van der Waals surface area contributed by atoms with Crippen molar-refractivity contribution in [2.24, 2.45) is 0 Å². The molecule has 1 aliphatic heterocycles. The molecule has 3 heterocycles. The fraction of sp³-hybridized carbons (Fsp3) is 0.308. The van der Waals surface area contributed by atoms with Crippen molar-refractivity contribution < 1.29 is 28.6 Å². The topological polar surface area (TPSA) is 118 Å². The van der Waals surface area contributed by atoms with Gasteiger partial charge in [0.2, 0.25) is 0 Å². The lowest BCUT2D eigenvalue weighted by Crippen LogP contribution is -2.31. The number of imidazole rings is 1. The third-order valence-corrected chi connectivity index (χ3v) is 6.27. The molecule has 4 rings (SSSR count). The van der Waals surface area contributed by atoms with Crippen molar-refractivity contribution in [1.29, 1.82) is 0 Å². The van der Waals surface area contributed by atoms with E-state index in [9.17, 15) is 23.9 Å². The second kappa shape index (κ2) is 10.2. The Labute approximate surface area is 207 Å². The van der Waals surface area contributed by atoms with Gasteiger partial charge in [-0.15, -0.1) is 0 Å². The predicted molar refractivity (Wildman–Crippen MR) is 128 cm³/mol. The Morgan fingerprint density at radius 2 is 1.97 bits per heavy atom. The van der Waals surface area contributed by atoms with Crippen molar-refractivity contribution in [1.82, 2.24) is 19.4 Å². The molecule has 0 bridgehead atoms. The summed E-state index contributed by atoms with van der Waals surface area (Å²) in [7, 11) is 0. The fourth-order valence-corrected chi connectivity index (χ4v) is 4.62. The normalized spacial score (nSPS) is 17.1. The zero-order chi connectivity index (χ0) is 26.0. The highest BCUT2D eigenvalue weighted by molar-refractivity contribution is 6.46. The van der Waals surface area contributed by atoms with Crippen LogP contribution in [0.1, 0.15) is 52.3 Å². The molecule has 1 atom stereocenters. The molecule has 188 valence electrons. The monoisotopic (exact) mass is 494 g/mol. The zero-order valence-electron chi connectivity index (χ0n) is 20.2. The first-order valence-corrected chi connectivity index (χ1v) is 11.6. The van der Waals surface area contributed by atoms with Gasteiger partial charge >= 0.3 is 5.97 Å². The SMILES string of the molecule is CCOC(=O)c1[nH]c(C)c(/C(O)=C2\C(=O)C(=O)N(CCCn3ccnc3)[C@H]2c2ccccc2F)c1C. The molecular weight excluding hydrogens is 467 g/mol. The number of aliphatic hydroxyl groups excluding tert-OH is 1. The maximum absolute atomic E-state index is 15.0. The molecule has 3 aromatic rings. The Morgan fingerprint density at radius 1 is 1.22 bits per heavy atom. The van der Waals surface area contributed by atoms with Crippen molar-refractivity contribution in [2.75, 3.05) is 13.2 Å². The molecule has 0 aliphatic carbocycles. The Bertz CT molecular complexity index is 1340. The molecular formula is C26H27FN4O5. The van der Waals surface area contributed by atoms with Gasteiger partial charge in [0, 0.05) is 42.3 Å². The number of likely N-dealkylation sites (tertiary alicyclic amines) is 1. The number of amides is 1. The number of H-pyrrole nitrogens is 1. The first-order valence-electron chi connectivity index (χ1n) is 11.6. The summed E-state index contributed by atoms with van der Waals surface area (Å²) in [4.78, 5) is 46.9. The Kier molecular flexibility index (Phi) is 7.05. The lowest BCUT2D eigenvalue weighted by molar-refractivity contribution is -0.140. The summed E-state index contributed by atoms with van der Waals surface area (Å²) in [5, 5.41) is 11.4. The van der Waals surface area contributed by atoms with Gasteiger partial charge in [-0.25, -0.2) is 14.2 Å². The summed E-state index contributed by atoms with van der Waals surface area (Å²) in [5.41, 5.74) is 0.975. The molecule has 0 radical (unpaired) electrons. The van der Waals surface area contributed by atoms with Crippen LogP contribution >= 0.6 is 0 Å². The molecule has 0 spiro atoms. The summed E-state index contributed by atoms with van der Waals surface area (Å²) >= 11 is 0. The van der Waals surface area contributed by atoms with E-state index in [1.165, 1.54) is 23.1 Å². The van der Waals surface area contributed by atoms with Gasteiger partial charge in [0.05, 0.1) is 24.5 Å². The first kappa shape index (κ1) is 24.9. The number of carbonyl (C=O) groups excluding carboxylic acids is 3. The van der Waals surface area contributed by atoms with Gasteiger partial charge in [-0.3, -0.25) is 9.59 Å². The van der Waals surface area contributed by atoms with Crippen LogP contribution < -0.4 is 0 Å². The Morgan fingerprint density at radius 3 is 2.64 bits per heavy atom. The van der Waals surface area contributed by atoms with E-state index in [0.717, 1.165) is 0 Å². The second-order valence-corrected chi connectivity index (χ2v) is 8.51. The standard InChI is InChI=1S/C26H27FN4O5/c1-4-36-26(35)21-15(2)19(16(3)29-21)23(32)20-22(17-8-5-6-9-18(17)27)31(25(34)24(20)33)12-7-11-30-13-10-28-14-30/h5-6,8-10,13-14,22,29,32H,4,7,11-12H2,1-3H3/b23-20+/t22-/m0/s1. The van der Waals surface area contributed by atoms with E-state index in [-0.39, 0.29) is 35.5 Å². The van der Waals surface area contributed by atoms with Crippen LogP contribution in [-0.2, 0) is 20.9 Å². The number of benzene rings is 1. The number of nitrogens with one attached hydrogen (secondary N) is 1. The summed E-state index contributed by atoms with van der Waals surface area (Å²) in [6.45, 7) is 5.75. The average molecular weight is 495 g/mol. The van der Waals surface area contributed by atoms with E-state index in [2.05, 4.69) is 9.97 Å². The molecule has 36 heavy (non-hydrogen) atoms. The number of halogens is 1. The summed E-state index contributed by atoms with van der Waals surface area (Å²) < 4.78 is 21.9. The maximum atomic E-state index is 15.0. The number of aromatic nitrogens is 3. The largest absolute Gasteiger partial charge is 0.507 e. The van der Waals surface area contributed by atoms with Crippen LogP contribution in [-0.4, -0.2) is 55.4 Å². The first-order chi connectivity index (χ1) is 17.3. The highest BCUT2D eigenvalue weighted by Gasteiger charge is 2.47. The summed E-state index contributed by atoms with van der Waals surface area (Å²) in [6.07, 6.45) is 5.53. The molecule has 1 saturated heterocycles.